The second-order valence-electron chi connectivity index (χ2n) is 7.41. The third-order valence-corrected chi connectivity index (χ3v) is 5.89. The van der Waals surface area contributed by atoms with Crippen molar-refractivity contribution in [3.63, 3.8) is 0 Å². The molecule has 1 aliphatic heterocycles. The number of rotatable bonds is 7. The van der Waals surface area contributed by atoms with E-state index in [-0.39, 0.29) is 18.0 Å². The highest BCUT2D eigenvalue weighted by atomic mass is 79.9. The highest BCUT2D eigenvalue weighted by Crippen LogP contribution is 2.26. The van der Waals surface area contributed by atoms with Gasteiger partial charge in [0, 0.05) is 35.0 Å². The minimum Gasteiger partial charge on any atom is -0.378 e. The largest absolute Gasteiger partial charge is 0.378 e. The zero-order chi connectivity index (χ0) is 21.6. The van der Waals surface area contributed by atoms with Crippen molar-refractivity contribution >= 4 is 56.2 Å². The van der Waals surface area contributed by atoms with Gasteiger partial charge in [-0.3, -0.25) is 9.59 Å². The van der Waals surface area contributed by atoms with Gasteiger partial charge in [0.1, 0.15) is 0 Å². The number of anilines is 1. The first-order valence-electron chi connectivity index (χ1n) is 10.2. The predicted molar refractivity (Wildman–Crippen MR) is 128 cm³/mol. The standard InChI is InChI=1S/C25H23BrN2O3/c26-24-16-21(28-11-13-31-14-12-28)6-4-19(24)5-8-23(30)17-22(29)7-2-18-1-3-20-9-10-27-25(20)15-18/h1-10,15-16,27H,11-14,17H2/b7-2+,8-5+. The molecule has 6 heteroatoms. The molecule has 0 bridgehead atoms. The Morgan fingerprint density at radius 1 is 1.00 bits per heavy atom. The van der Waals surface area contributed by atoms with Crippen LogP contribution in [0.3, 0.4) is 0 Å². The number of ether oxygens (including phenoxy) is 1. The van der Waals surface area contributed by atoms with Crippen LogP contribution in [-0.4, -0.2) is 42.9 Å². The van der Waals surface area contributed by atoms with E-state index in [1.807, 2.05) is 48.7 Å². The van der Waals surface area contributed by atoms with Crippen molar-refractivity contribution in [1.82, 2.24) is 4.98 Å². The zero-order valence-corrected chi connectivity index (χ0v) is 18.6. The molecule has 158 valence electrons. The Morgan fingerprint density at radius 3 is 2.55 bits per heavy atom. The van der Waals surface area contributed by atoms with E-state index >= 15 is 0 Å². The maximum atomic E-state index is 12.2. The van der Waals surface area contributed by atoms with E-state index in [1.165, 1.54) is 12.2 Å². The molecule has 31 heavy (non-hydrogen) atoms. The molecule has 0 atom stereocenters. The molecule has 3 aromatic rings. The Balaban J connectivity index is 1.33. The van der Waals surface area contributed by atoms with Crippen LogP contribution in [0.2, 0.25) is 0 Å². The van der Waals surface area contributed by atoms with Crippen LogP contribution >= 0.6 is 15.9 Å². The number of hydrogen-bond acceptors (Lipinski definition) is 4. The summed E-state index contributed by atoms with van der Waals surface area (Å²) in [7, 11) is 0. The molecule has 0 amide bonds. The number of nitrogens with one attached hydrogen (secondary N) is 1. The third kappa shape index (κ3) is 5.60. The number of morpholine rings is 1. The van der Waals surface area contributed by atoms with Crippen LogP contribution in [0.5, 0.6) is 0 Å². The SMILES string of the molecule is O=C(/C=C/c1ccc2cc[nH]c2c1)CC(=O)/C=C/c1ccc(N2CCOCC2)cc1Br. The monoisotopic (exact) mass is 478 g/mol. The Bertz CT molecular complexity index is 1160. The number of ketones is 2. The summed E-state index contributed by atoms with van der Waals surface area (Å²) in [5, 5.41) is 1.12. The van der Waals surface area contributed by atoms with Crippen LogP contribution in [0, 0.1) is 0 Å². The fraction of sp³-hybridized carbons (Fsp3) is 0.200. The number of benzene rings is 2. The second-order valence-corrected chi connectivity index (χ2v) is 8.26. The van der Waals surface area contributed by atoms with Crippen LogP contribution in [0.1, 0.15) is 17.5 Å². The quantitative estimate of drug-likeness (QED) is 0.382. The Kier molecular flexibility index (Phi) is 6.79. The molecule has 0 aliphatic carbocycles. The number of halogens is 1. The molecule has 0 saturated carbocycles. The fourth-order valence-electron chi connectivity index (χ4n) is 3.50. The molecule has 2 aromatic carbocycles. The van der Waals surface area contributed by atoms with Crippen molar-refractivity contribution in [2.75, 3.05) is 31.2 Å². The summed E-state index contributed by atoms with van der Waals surface area (Å²) in [4.78, 5) is 29.8. The van der Waals surface area contributed by atoms with Crippen LogP contribution < -0.4 is 4.90 Å². The van der Waals surface area contributed by atoms with E-state index in [9.17, 15) is 9.59 Å². The van der Waals surface area contributed by atoms with Gasteiger partial charge in [-0.1, -0.05) is 46.3 Å². The molecule has 1 saturated heterocycles. The van der Waals surface area contributed by atoms with Gasteiger partial charge in [-0.2, -0.15) is 0 Å². The van der Waals surface area contributed by atoms with Crippen molar-refractivity contribution in [1.29, 1.82) is 0 Å². The number of allylic oxidation sites excluding steroid dienone is 2. The minimum atomic E-state index is -0.223. The van der Waals surface area contributed by atoms with Crippen LogP contribution in [-0.2, 0) is 14.3 Å². The normalized spacial score (nSPS) is 14.7. The van der Waals surface area contributed by atoms with Crippen LogP contribution in [0.4, 0.5) is 5.69 Å². The summed E-state index contributed by atoms with van der Waals surface area (Å²) >= 11 is 3.58. The summed E-state index contributed by atoms with van der Waals surface area (Å²) in [6.07, 6.45) is 8.13. The molecule has 1 N–H and O–H groups in total. The fourth-order valence-corrected chi connectivity index (χ4v) is 4.00. The maximum absolute atomic E-state index is 12.2. The molecule has 1 aromatic heterocycles. The predicted octanol–water partition coefficient (Wildman–Crippen LogP) is 5.02. The smallest absolute Gasteiger partial charge is 0.163 e. The Hall–Kier alpha value is -2.96. The molecule has 2 heterocycles. The second kappa shape index (κ2) is 9.90. The molecule has 5 nitrogen and oxygen atoms in total. The molecular formula is C25H23BrN2O3. The molecule has 1 aliphatic rings. The lowest BCUT2D eigenvalue weighted by atomic mass is 10.1. The number of carbonyl (C=O) groups excluding carboxylic acids is 2. The van der Waals surface area contributed by atoms with Gasteiger partial charge in [-0.05, 0) is 52.9 Å². The first-order valence-corrected chi connectivity index (χ1v) is 11.0. The number of hydrogen-bond donors (Lipinski definition) is 1. The Labute approximate surface area is 189 Å². The number of aromatic nitrogens is 1. The number of nitrogens with zero attached hydrogens (tertiary/aromatic N) is 1. The summed E-state index contributed by atoms with van der Waals surface area (Å²) in [6.45, 7) is 3.21. The molecular weight excluding hydrogens is 456 g/mol. The van der Waals surface area contributed by atoms with Crippen LogP contribution in [0.15, 0.2) is 65.3 Å². The maximum Gasteiger partial charge on any atom is 0.163 e. The average molecular weight is 479 g/mol. The first kappa shape index (κ1) is 21.3. The van der Waals surface area contributed by atoms with Gasteiger partial charge in [0.05, 0.1) is 19.6 Å². The van der Waals surface area contributed by atoms with E-state index in [0.29, 0.717) is 0 Å². The summed E-state index contributed by atoms with van der Waals surface area (Å²) in [6, 6.07) is 14.0. The number of aromatic amines is 1. The first-order chi connectivity index (χ1) is 15.1. The average Bonchev–Trinajstić information content (AvgIpc) is 3.25. The number of carbonyl (C=O) groups is 2. The van der Waals surface area contributed by atoms with Gasteiger partial charge in [-0.25, -0.2) is 0 Å². The lowest BCUT2D eigenvalue weighted by Crippen LogP contribution is -2.36. The number of fused-ring (bicyclic) bond motifs is 1. The molecule has 0 unspecified atom stereocenters. The van der Waals surface area contributed by atoms with Gasteiger partial charge in [0.25, 0.3) is 0 Å². The summed E-state index contributed by atoms with van der Waals surface area (Å²) in [5.74, 6) is -0.443. The van der Waals surface area contributed by atoms with E-state index in [2.05, 4.69) is 25.8 Å². The van der Waals surface area contributed by atoms with Gasteiger partial charge in [0.2, 0.25) is 0 Å². The van der Waals surface area contributed by atoms with E-state index in [4.69, 9.17) is 4.74 Å². The van der Waals surface area contributed by atoms with Crippen molar-refractivity contribution in [2.45, 2.75) is 6.42 Å². The van der Waals surface area contributed by atoms with Crippen LogP contribution in [0.25, 0.3) is 23.1 Å². The lowest BCUT2D eigenvalue weighted by Gasteiger charge is -2.29. The zero-order valence-electron chi connectivity index (χ0n) is 17.0. The summed E-state index contributed by atoms with van der Waals surface area (Å²) < 4.78 is 6.30. The molecule has 0 spiro atoms. The van der Waals surface area contributed by atoms with E-state index in [1.54, 1.807) is 12.2 Å². The van der Waals surface area contributed by atoms with Gasteiger partial charge in [0.15, 0.2) is 11.6 Å². The van der Waals surface area contributed by atoms with E-state index < -0.39 is 0 Å². The van der Waals surface area contributed by atoms with Gasteiger partial charge in [-0.15, -0.1) is 0 Å². The lowest BCUT2D eigenvalue weighted by molar-refractivity contribution is -0.121. The van der Waals surface area contributed by atoms with Crippen molar-refractivity contribution in [2.24, 2.45) is 0 Å². The Morgan fingerprint density at radius 2 is 1.77 bits per heavy atom. The minimum absolute atomic E-state index is 0.152. The highest BCUT2D eigenvalue weighted by molar-refractivity contribution is 9.10. The van der Waals surface area contributed by atoms with Gasteiger partial charge < -0.3 is 14.6 Å². The molecule has 1 fully saturated rings. The molecule has 4 rings (SSSR count). The highest BCUT2D eigenvalue weighted by Gasteiger charge is 2.12. The number of H-pyrrole nitrogens is 1. The van der Waals surface area contributed by atoms with Crippen molar-refractivity contribution in [3.8, 4) is 0 Å². The van der Waals surface area contributed by atoms with Gasteiger partial charge >= 0.3 is 0 Å². The van der Waals surface area contributed by atoms with Crippen molar-refractivity contribution < 1.29 is 14.3 Å². The molecule has 0 radical (unpaired) electrons. The topological polar surface area (TPSA) is 62.4 Å². The van der Waals surface area contributed by atoms with Crippen molar-refractivity contribution in [3.05, 3.63) is 76.4 Å². The summed E-state index contributed by atoms with van der Waals surface area (Å²) in [5.41, 5.74) is 3.94. The van der Waals surface area contributed by atoms with E-state index in [0.717, 1.165) is 58.5 Å². The third-order valence-electron chi connectivity index (χ3n) is 5.20.